The zero-order valence-corrected chi connectivity index (χ0v) is 20.1. The summed E-state index contributed by atoms with van der Waals surface area (Å²) >= 11 is 0. The summed E-state index contributed by atoms with van der Waals surface area (Å²) in [5.74, 6) is -0.177. The van der Waals surface area contributed by atoms with Gasteiger partial charge in [0.1, 0.15) is 5.82 Å². The van der Waals surface area contributed by atoms with Gasteiger partial charge in [0.15, 0.2) is 0 Å². The second-order valence-corrected chi connectivity index (χ2v) is 11.4. The molecule has 33 heavy (non-hydrogen) atoms. The molecule has 0 unspecified atom stereocenters. The van der Waals surface area contributed by atoms with Crippen molar-refractivity contribution in [3.8, 4) is 0 Å². The number of carbonyl (C=O) groups is 1. The number of halogens is 1. The van der Waals surface area contributed by atoms with Gasteiger partial charge in [-0.2, -0.15) is 0 Å². The Bertz CT molecular complexity index is 1070. The minimum Gasteiger partial charge on any atom is -0.376 e. The van der Waals surface area contributed by atoms with Gasteiger partial charge in [0.05, 0.1) is 36.8 Å². The Morgan fingerprint density at radius 1 is 1.24 bits per heavy atom. The van der Waals surface area contributed by atoms with E-state index in [-0.39, 0.29) is 28.8 Å². The fourth-order valence-corrected chi connectivity index (χ4v) is 5.78. The Balaban J connectivity index is 1.63. The Hall–Kier alpha value is -2.26. The van der Waals surface area contributed by atoms with Gasteiger partial charge in [0, 0.05) is 19.1 Å². The summed E-state index contributed by atoms with van der Waals surface area (Å²) in [7, 11) is -3.79. The highest BCUT2D eigenvalue weighted by Crippen LogP contribution is 2.32. The van der Waals surface area contributed by atoms with Gasteiger partial charge in [0.2, 0.25) is 20.9 Å². The van der Waals surface area contributed by atoms with Crippen molar-refractivity contribution in [2.75, 3.05) is 13.2 Å². The second kappa shape index (κ2) is 9.93. The first-order chi connectivity index (χ1) is 15.7. The summed E-state index contributed by atoms with van der Waals surface area (Å²) in [5.41, 5.74) is 1.19. The molecular weight excluding hydrogens is 445 g/mol. The Morgan fingerprint density at radius 2 is 1.97 bits per heavy atom. The van der Waals surface area contributed by atoms with E-state index in [0.717, 1.165) is 25.7 Å². The van der Waals surface area contributed by atoms with E-state index in [2.05, 4.69) is 18.8 Å². The maximum absolute atomic E-state index is 13.3. The highest BCUT2D eigenvalue weighted by Gasteiger charge is 2.35. The van der Waals surface area contributed by atoms with Crippen LogP contribution in [0, 0.1) is 17.7 Å². The average Bonchev–Trinajstić information content (AvgIpc) is 3.34. The lowest BCUT2D eigenvalue weighted by Gasteiger charge is -2.26. The number of imidazole rings is 1. The van der Waals surface area contributed by atoms with Crippen LogP contribution < -0.4 is 0 Å². The Kier molecular flexibility index (Phi) is 7.19. The van der Waals surface area contributed by atoms with E-state index < -0.39 is 15.7 Å². The van der Waals surface area contributed by atoms with Crippen molar-refractivity contribution in [1.82, 2.24) is 14.5 Å². The summed E-state index contributed by atoms with van der Waals surface area (Å²) in [6.45, 7) is 6.09. The topological polar surface area (TPSA) is 81.5 Å². The highest BCUT2D eigenvalue weighted by atomic mass is 32.2. The first-order valence-corrected chi connectivity index (χ1v) is 13.3. The average molecular weight is 478 g/mol. The number of aromatic nitrogens is 2. The highest BCUT2D eigenvalue weighted by molar-refractivity contribution is 7.90. The van der Waals surface area contributed by atoms with Gasteiger partial charge in [-0.05, 0) is 49.3 Å². The van der Waals surface area contributed by atoms with Gasteiger partial charge >= 0.3 is 0 Å². The van der Waals surface area contributed by atoms with Crippen LogP contribution in [-0.2, 0) is 38.2 Å². The summed E-state index contributed by atoms with van der Waals surface area (Å²) in [5, 5.41) is -0.0271. The number of nitrogens with zero attached hydrogens (tertiary/aromatic N) is 3. The van der Waals surface area contributed by atoms with E-state index in [4.69, 9.17) is 4.74 Å². The van der Waals surface area contributed by atoms with Crippen LogP contribution in [0.1, 0.15) is 50.8 Å². The van der Waals surface area contributed by atoms with E-state index in [9.17, 15) is 17.6 Å². The van der Waals surface area contributed by atoms with Crippen LogP contribution >= 0.6 is 0 Å². The third kappa shape index (κ3) is 6.00. The number of carbonyl (C=O) groups excluding carboxylic acids is 1. The summed E-state index contributed by atoms with van der Waals surface area (Å²) in [6.07, 6.45) is 5.10. The molecule has 1 aliphatic carbocycles. The van der Waals surface area contributed by atoms with Crippen LogP contribution in [0.4, 0.5) is 4.39 Å². The molecule has 0 radical (unpaired) electrons. The van der Waals surface area contributed by atoms with Crippen LogP contribution in [0.2, 0.25) is 0 Å². The van der Waals surface area contributed by atoms with Gasteiger partial charge < -0.3 is 14.2 Å². The van der Waals surface area contributed by atoms with Crippen molar-refractivity contribution >= 4 is 15.7 Å². The molecule has 1 aromatic carbocycles. The van der Waals surface area contributed by atoms with Crippen LogP contribution in [0.5, 0.6) is 0 Å². The van der Waals surface area contributed by atoms with Crippen LogP contribution in [0.25, 0.3) is 0 Å². The molecule has 9 heteroatoms. The van der Waals surface area contributed by atoms with E-state index in [1.165, 1.54) is 24.3 Å². The van der Waals surface area contributed by atoms with Crippen molar-refractivity contribution < 1.29 is 22.3 Å². The summed E-state index contributed by atoms with van der Waals surface area (Å²) in [6, 6.07) is 5.45. The lowest BCUT2D eigenvalue weighted by atomic mass is 10.2. The van der Waals surface area contributed by atoms with Gasteiger partial charge in [-0.15, -0.1) is 0 Å². The second-order valence-electron chi connectivity index (χ2n) is 9.55. The number of rotatable bonds is 10. The molecule has 1 saturated heterocycles. The molecule has 4 rings (SSSR count). The van der Waals surface area contributed by atoms with E-state index >= 15 is 0 Å². The molecule has 1 atom stereocenters. The van der Waals surface area contributed by atoms with Crippen molar-refractivity contribution in [2.24, 2.45) is 11.8 Å². The number of ether oxygens (including phenoxy) is 1. The number of benzene rings is 1. The zero-order valence-electron chi connectivity index (χ0n) is 19.2. The van der Waals surface area contributed by atoms with Crippen molar-refractivity contribution in [1.29, 1.82) is 0 Å². The standard InChI is InChI=1S/C24H32FN3O4S/c1-17(2)13-27(23(29)19-7-8-19)14-21-12-26-24(28(21)15-22-4-3-11-32-22)33(30,31)16-18-5-9-20(25)10-6-18/h5-6,9-10,12,17,19,22H,3-4,7-8,11,13-16H2,1-2H3/t22-/m0/s1. The van der Waals surface area contributed by atoms with Crippen LogP contribution in [0.15, 0.2) is 35.6 Å². The molecule has 0 bridgehead atoms. The maximum Gasteiger partial charge on any atom is 0.228 e. The SMILES string of the molecule is CC(C)CN(Cc1cnc(S(=O)(=O)Cc2ccc(F)cc2)n1C[C@@H]1CCCO1)C(=O)C1CC1. The maximum atomic E-state index is 13.3. The predicted molar refractivity (Wildman–Crippen MR) is 121 cm³/mol. The fourth-order valence-electron chi connectivity index (χ4n) is 4.28. The Labute approximate surface area is 194 Å². The van der Waals surface area contributed by atoms with Crippen molar-refractivity contribution in [3.05, 3.63) is 47.5 Å². The molecule has 0 N–H and O–H groups in total. The molecule has 0 spiro atoms. The van der Waals surface area contributed by atoms with Crippen molar-refractivity contribution in [2.45, 2.75) is 69.6 Å². The minimum absolute atomic E-state index is 0.0271. The van der Waals surface area contributed by atoms with E-state index in [1.54, 1.807) is 10.8 Å². The molecule has 1 aliphatic heterocycles. The molecule has 2 fully saturated rings. The normalized spacial score (nSPS) is 18.7. The minimum atomic E-state index is -3.79. The van der Waals surface area contributed by atoms with Gasteiger partial charge in [-0.3, -0.25) is 4.79 Å². The fraction of sp³-hybridized carbons (Fsp3) is 0.583. The molecule has 7 nitrogen and oxygen atoms in total. The largest absolute Gasteiger partial charge is 0.376 e. The third-order valence-electron chi connectivity index (χ3n) is 6.04. The van der Waals surface area contributed by atoms with E-state index in [0.29, 0.717) is 43.4 Å². The molecule has 1 aromatic heterocycles. The first-order valence-electron chi connectivity index (χ1n) is 11.6. The number of sulfone groups is 1. The summed E-state index contributed by atoms with van der Waals surface area (Å²) in [4.78, 5) is 19.0. The molecule has 180 valence electrons. The molecular formula is C24H32FN3O4S. The van der Waals surface area contributed by atoms with Crippen molar-refractivity contribution in [3.63, 3.8) is 0 Å². The monoisotopic (exact) mass is 477 g/mol. The molecule has 1 saturated carbocycles. The number of hydrogen-bond donors (Lipinski definition) is 0. The molecule has 2 aliphatic rings. The third-order valence-corrected chi connectivity index (χ3v) is 7.63. The smallest absolute Gasteiger partial charge is 0.228 e. The number of amides is 1. The Morgan fingerprint density at radius 3 is 2.58 bits per heavy atom. The zero-order chi connectivity index (χ0) is 23.6. The number of hydrogen-bond acceptors (Lipinski definition) is 5. The van der Waals surface area contributed by atoms with Gasteiger partial charge in [0.25, 0.3) is 0 Å². The predicted octanol–water partition coefficient (Wildman–Crippen LogP) is 3.57. The molecule has 2 heterocycles. The molecule has 2 aromatic rings. The van der Waals surface area contributed by atoms with E-state index in [1.807, 2.05) is 4.90 Å². The molecule has 1 amide bonds. The first kappa shape index (κ1) is 23.9. The van der Waals surface area contributed by atoms with Gasteiger partial charge in [-0.25, -0.2) is 17.8 Å². The quantitative estimate of drug-likeness (QED) is 0.523. The van der Waals surface area contributed by atoms with Crippen LogP contribution in [-0.4, -0.2) is 48.0 Å². The lowest BCUT2D eigenvalue weighted by molar-refractivity contribution is -0.133. The van der Waals surface area contributed by atoms with Crippen LogP contribution in [0.3, 0.4) is 0 Å². The summed E-state index contributed by atoms with van der Waals surface area (Å²) < 4.78 is 47.4. The van der Waals surface area contributed by atoms with Gasteiger partial charge in [-0.1, -0.05) is 26.0 Å². The lowest BCUT2D eigenvalue weighted by Crippen LogP contribution is -2.36.